The first-order valence-corrected chi connectivity index (χ1v) is 8.80. The van der Waals surface area contributed by atoms with Gasteiger partial charge in [0, 0.05) is 17.5 Å². The van der Waals surface area contributed by atoms with Crippen LogP contribution in [0.2, 0.25) is 0 Å². The molecule has 2 heterocycles. The van der Waals surface area contributed by atoms with E-state index < -0.39 is 0 Å². The number of nitrogens with one attached hydrogen (secondary N) is 1. The molecule has 1 N–H and O–H groups in total. The zero-order valence-corrected chi connectivity index (χ0v) is 14.3. The lowest BCUT2D eigenvalue weighted by atomic mass is 9.74. The fraction of sp³-hybridized carbons (Fsp3) is 0.765. The van der Waals surface area contributed by atoms with Crippen LogP contribution >= 0.6 is 11.3 Å². The molecule has 1 aromatic rings. The number of thiophene rings is 1. The normalized spacial score (nSPS) is 22.1. The standard InChI is InChI=1S/C17H30N2S/c1-14(11-16-8-6-10-20-16)19(4)13-17(2,3)15-7-5-9-18-12-15/h6,8,10,14-15,18H,5,7,9,11-13H2,1-4H3. The first-order chi connectivity index (χ1) is 9.49. The summed E-state index contributed by atoms with van der Waals surface area (Å²) in [5.41, 5.74) is 0.395. The van der Waals surface area contributed by atoms with Gasteiger partial charge in [-0.2, -0.15) is 0 Å². The quantitative estimate of drug-likeness (QED) is 0.862. The van der Waals surface area contributed by atoms with E-state index in [-0.39, 0.29) is 0 Å². The van der Waals surface area contributed by atoms with Gasteiger partial charge in [0.25, 0.3) is 0 Å². The molecule has 3 heteroatoms. The number of likely N-dealkylation sites (N-methyl/N-ethyl adjacent to an activating group) is 1. The van der Waals surface area contributed by atoms with Crippen molar-refractivity contribution >= 4 is 11.3 Å². The summed E-state index contributed by atoms with van der Waals surface area (Å²) in [6.07, 6.45) is 3.89. The van der Waals surface area contributed by atoms with Gasteiger partial charge in [-0.05, 0) is 69.1 Å². The average Bonchev–Trinajstić information content (AvgIpc) is 2.92. The molecule has 1 saturated heterocycles. The molecular formula is C17H30N2S. The predicted molar refractivity (Wildman–Crippen MR) is 89.5 cm³/mol. The lowest BCUT2D eigenvalue weighted by Crippen LogP contribution is -2.46. The van der Waals surface area contributed by atoms with E-state index in [4.69, 9.17) is 0 Å². The van der Waals surface area contributed by atoms with Gasteiger partial charge in [0.15, 0.2) is 0 Å². The van der Waals surface area contributed by atoms with Gasteiger partial charge in [0.1, 0.15) is 0 Å². The minimum absolute atomic E-state index is 0.395. The Labute approximate surface area is 128 Å². The summed E-state index contributed by atoms with van der Waals surface area (Å²) in [5, 5.41) is 5.74. The van der Waals surface area contributed by atoms with Crippen LogP contribution in [0.25, 0.3) is 0 Å². The van der Waals surface area contributed by atoms with E-state index in [1.807, 2.05) is 11.3 Å². The molecule has 1 aliphatic heterocycles. The second-order valence-corrected chi connectivity index (χ2v) is 8.11. The van der Waals surface area contributed by atoms with Gasteiger partial charge in [0.05, 0.1) is 0 Å². The topological polar surface area (TPSA) is 15.3 Å². The van der Waals surface area contributed by atoms with Crippen molar-refractivity contribution in [1.29, 1.82) is 0 Å². The Bertz CT molecular complexity index is 380. The van der Waals surface area contributed by atoms with Gasteiger partial charge in [-0.15, -0.1) is 11.3 Å². The van der Waals surface area contributed by atoms with Crippen molar-refractivity contribution in [2.45, 2.75) is 46.1 Å². The molecule has 0 spiro atoms. The SMILES string of the molecule is CC(Cc1cccs1)N(C)CC(C)(C)C1CCCNC1. The van der Waals surface area contributed by atoms with Gasteiger partial charge < -0.3 is 10.2 Å². The summed E-state index contributed by atoms with van der Waals surface area (Å²) in [7, 11) is 2.29. The Balaban J connectivity index is 1.86. The average molecular weight is 295 g/mol. The summed E-state index contributed by atoms with van der Waals surface area (Å²) in [6, 6.07) is 5.03. The van der Waals surface area contributed by atoms with Crippen LogP contribution in [0, 0.1) is 11.3 Å². The Morgan fingerprint density at radius 3 is 2.90 bits per heavy atom. The maximum atomic E-state index is 3.56. The molecule has 2 rings (SSSR count). The first-order valence-electron chi connectivity index (χ1n) is 7.92. The molecule has 20 heavy (non-hydrogen) atoms. The third-order valence-electron chi connectivity index (χ3n) is 4.89. The molecule has 0 amide bonds. The summed E-state index contributed by atoms with van der Waals surface area (Å²) in [5.74, 6) is 0.813. The van der Waals surface area contributed by atoms with E-state index in [1.165, 1.54) is 43.8 Å². The molecule has 1 aliphatic rings. The molecule has 0 aliphatic carbocycles. The van der Waals surface area contributed by atoms with E-state index in [0.717, 1.165) is 5.92 Å². The highest BCUT2D eigenvalue weighted by atomic mass is 32.1. The summed E-state index contributed by atoms with van der Waals surface area (Å²) in [6.45, 7) is 10.8. The van der Waals surface area contributed by atoms with Crippen LogP contribution in [0.3, 0.4) is 0 Å². The van der Waals surface area contributed by atoms with Crippen molar-refractivity contribution in [3.8, 4) is 0 Å². The molecule has 0 saturated carbocycles. The second kappa shape index (κ2) is 7.06. The molecule has 1 fully saturated rings. The third-order valence-corrected chi connectivity index (χ3v) is 5.79. The van der Waals surface area contributed by atoms with Crippen molar-refractivity contribution < 1.29 is 0 Å². The van der Waals surface area contributed by atoms with E-state index in [0.29, 0.717) is 11.5 Å². The summed E-state index contributed by atoms with van der Waals surface area (Å²) in [4.78, 5) is 4.05. The number of hydrogen-bond acceptors (Lipinski definition) is 3. The Morgan fingerprint density at radius 1 is 1.50 bits per heavy atom. The van der Waals surface area contributed by atoms with E-state index in [9.17, 15) is 0 Å². The monoisotopic (exact) mass is 294 g/mol. The van der Waals surface area contributed by atoms with Crippen LogP contribution in [-0.2, 0) is 6.42 Å². The van der Waals surface area contributed by atoms with Crippen molar-refractivity contribution in [2.75, 3.05) is 26.7 Å². The van der Waals surface area contributed by atoms with E-state index >= 15 is 0 Å². The predicted octanol–water partition coefficient (Wildman–Crippen LogP) is 3.64. The highest BCUT2D eigenvalue weighted by molar-refractivity contribution is 7.09. The third kappa shape index (κ3) is 4.31. The molecule has 0 aromatic carbocycles. The Hall–Kier alpha value is -0.380. The maximum absolute atomic E-state index is 3.56. The smallest absolute Gasteiger partial charge is 0.0112 e. The van der Waals surface area contributed by atoms with Crippen LogP contribution in [-0.4, -0.2) is 37.6 Å². The fourth-order valence-corrected chi connectivity index (χ4v) is 4.15. The Morgan fingerprint density at radius 2 is 2.30 bits per heavy atom. The lowest BCUT2D eigenvalue weighted by molar-refractivity contribution is 0.0956. The first kappa shape index (κ1) is 16.0. The zero-order chi connectivity index (χ0) is 14.6. The van der Waals surface area contributed by atoms with Crippen molar-refractivity contribution in [3.63, 3.8) is 0 Å². The molecule has 0 bridgehead atoms. The molecular weight excluding hydrogens is 264 g/mol. The molecule has 1 aromatic heterocycles. The van der Waals surface area contributed by atoms with Gasteiger partial charge in [0.2, 0.25) is 0 Å². The van der Waals surface area contributed by atoms with Crippen LogP contribution < -0.4 is 5.32 Å². The van der Waals surface area contributed by atoms with Crippen LogP contribution in [0.5, 0.6) is 0 Å². The van der Waals surface area contributed by atoms with E-state index in [2.05, 4.69) is 55.5 Å². The van der Waals surface area contributed by atoms with Gasteiger partial charge in [-0.3, -0.25) is 0 Å². The van der Waals surface area contributed by atoms with Gasteiger partial charge in [-0.1, -0.05) is 19.9 Å². The fourth-order valence-electron chi connectivity index (χ4n) is 3.32. The van der Waals surface area contributed by atoms with Crippen molar-refractivity contribution in [1.82, 2.24) is 10.2 Å². The minimum Gasteiger partial charge on any atom is -0.316 e. The van der Waals surface area contributed by atoms with Crippen LogP contribution in [0.1, 0.15) is 38.5 Å². The highest BCUT2D eigenvalue weighted by Crippen LogP contribution is 2.33. The molecule has 2 atom stereocenters. The van der Waals surface area contributed by atoms with Crippen LogP contribution in [0.15, 0.2) is 17.5 Å². The van der Waals surface area contributed by atoms with Crippen molar-refractivity contribution in [2.24, 2.45) is 11.3 Å². The number of nitrogens with zero attached hydrogens (tertiary/aromatic N) is 1. The molecule has 0 radical (unpaired) electrons. The minimum atomic E-state index is 0.395. The number of hydrogen-bond donors (Lipinski definition) is 1. The molecule has 2 unspecified atom stereocenters. The van der Waals surface area contributed by atoms with Crippen LogP contribution in [0.4, 0.5) is 0 Å². The second-order valence-electron chi connectivity index (χ2n) is 7.08. The number of piperidine rings is 1. The molecule has 114 valence electrons. The highest BCUT2D eigenvalue weighted by Gasteiger charge is 2.32. The van der Waals surface area contributed by atoms with E-state index in [1.54, 1.807) is 0 Å². The largest absolute Gasteiger partial charge is 0.316 e. The molecule has 2 nitrogen and oxygen atoms in total. The lowest BCUT2D eigenvalue weighted by Gasteiger charge is -2.41. The Kier molecular flexibility index (Phi) is 5.65. The summed E-state index contributed by atoms with van der Waals surface area (Å²) < 4.78 is 0. The number of rotatable bonds is 6. The van der Waals surface area contributed by atoms with Gasteiger partial charge >= 0.3 is 0 Å². The summed E-state index contributed by atoms with van der Waals surface area (Å²) >= 11 is 1.88. The van der Waals surface area contributed by atoms with Crippen molar-refractivity contribution in [3.05, 3.63) is 22.4 Å². The van der Waals surface area contributed by atoms with Gasteiger partial charge in [-0.25, -0.2) is 0 Å². The maximum Gasteiger partial charge on any atom is 0.0112 e. The zero-order valence-electron chi connectivity index (χ0n) is 13.5.